The minimum atomic E-state index is -4.75. The zero-order valence-electron chi connectivity index (χ0n) is 32.0. The van der Waals surface area contributed by atoms with E-state index in [1.807, 2.05) is 4.90 Å². The number of halogens is 4. The quantitative estimate of drug-likeness (QED) is 0.230. The summed E-state index contributed by atoms with van der Waals surface area (Å²) in [7, 11) is 0. The van der Waals surface area contributed by atoms with Crippen LogP contribution in [0.2, 0.25) is 0 Å². The lowest BCUT2D eigenvalue weighted by atomic mass is 9.89. The van der Waals surface area contributed by atoms with Gasteiger partial charge in [0.25, 0.3) is 5.91 Å². The molecule has 56 heavy (non-hydrogen) atoms. The Balaban J connectivity index is 0.00000600. The van der Waals surface area contributed by atoms with Crippen molar-refractivity contribution < 1.29 is 37.0 Å². The van der Waals surface area contributed by atoms with E-state index in [0.717, 1.165) is 69.6 Å². The summed E-state index contributed by atoms with van der Waals surface area (Å²) < 4.78 is 53.5. The van der Waals surface area contributed by atoms with Gasteiger partial charge >= 0.3 is 6.18 Å². The monoisotopic (exact) mass is 819 g/mol. The number of carbonyl (C=O) groups is 3. The van der Waals surface area contributed by atoms with Crippen molar-refractivity contribution in [2.75, 3.05) is 44.3 Å². The first kappa shape index (κ1) is 43.2. The van der Waals surface area contributed by atoms with Crippen molar-refractivity contribution in [1.29, 1.82) is 5.26 Å². The van der Waals surface area contributed by atoms with Crippen molar-refractivity contribution in [3.63, 3.8) is 0 Å². The van der Waals surface area contributed by atoms with Gasteiger partial charge in [-0.25, -0.2) is 4.98 Å². The molecule has 2 aromatic rings. The Morgan fingerprint density at radius 3 is 2.34 bits per heavy atom. The maximum Gasteiger partial charge on any atom is 0.417 e. The number of benzene rings is 1. The van der Waals surface area contributed by atoms with Crippen LogP contribution < -0.4 is 15.0 Å². The van der Waals surface area contributed by atoms with Crippen molar-refractivity contribution in [2.45, 2.75) is 108 Å². The molecule has 1 saturated carbocycles. The number of nitrogens with zero attached hydrogens (tertiary/aromatic N) is 6. The molecule has 6 rings (SSSR count). The molecule has 0 radical (unpaired) electrons. The van der Waals surface area contributed by atoms with Crippen molar-refractivity contribution >= 4 is 53.1 Å². The van der Waals surface area contributed by atoms with Crippen LogP contribution in [-0.2, 0) is 25.3 Å². The van der Waals surface area contributed by atoms with Gasteiger partial charge in [0.1, 0.15) is 12.1 Å². The van der Waals surface area contributed by atoms with Crippen LogP contribution in [0, 0.1) is 11.3 Å². The number of anilines is 1. The van der Waals surface area contributed by atoms with Crippen LogP contribution in [-0.4, -0.2) is 112 Å². The molecule has 0 spiro atoms. The van der Waals surface area contributed by atoms with Gasteiger partial charge in [-0.3, -0.25) is 34.4 Å². The molecule has 4 fully saturated rings. The Morgan fingerprint density at radius 1 is 1.00 bits per heavy atom. The first-order valence-corrected chi connectivity index (χ1v) is 19.3. The highest BCUT2D eigenvalue weighted by atomic mass is 35.5. The fourth-order valence-corrected chi connectivity index (χ4v) is 9.12. The van der Waals surface area contributed by atoms with Crippen molar-refractivity contribution in [2.24, 2.45) is 0 Å². The van der Waals surface area contributed by atoms with Gasteiger partial charge in [0.2, 0.25) is 17.7 Å². The van der Waals surface area contributed by atoms with Gasteiger partial charge < -0.3 is 14.4 Å². The summed E-state index contributed by atoms with van der Waals surface area (Å²) in [6, 6.07) is 8.92. The lowest BCUT2D eigenvalue weighted by Crippen LogP contribution is -2.57. The second-order valence-corrected chi connectivity index (χ2v) is 15.8. The smallest absolute Gasteiger partial charge is 0.417 e. The van der Waals surface area contributed by atoms with Crippen LogP contribution in [0.3, 0.4) is 0 Å². The van der Waals surface area contributed by atoms with Gasteiger partial charge in [-0.15, -0.1) is 12.4 Å². The zero-order valence-corrected chi connectivity index (χ0v) is 33.6. The largest absolute Gasteiger partial charge is 0.476 e. The lowest BCUT2D eigenvalue weighted by Gasteiger charge is -2.44. The van der Waals surface area contributed by atoms with E-state index in [9.17, 15) is 32.8 Å². The highest BCUT2D eigenvalue weighted by Gasteiger charge is 2.52. The first-order valence-electron chi connectivity index (χ1n) is 18.9. The molecular weight excluding hydrogens is 771 g/mol. The molecular formula is C39H49ClF3N7O5S. The van der Waals surface area contributed by atoms with Crippen LogP contribution in [0.5, 0.6) is 5.88 Å². The highest BCUT2D eigenvalue weighted by Crippen LogP contribution is 2.41. The minimum absolute atomic E-state index is 0. The number of hydrogen-bond acceptors (Lipinski definition) is 10. The third-order valence-electron chi connectivity index (χ3n) is 11.4. The van der Waals surface area contributed by atoms with Gasteiger partial charge in [-0.2, -0.15) is 18.4 Å². The summed E-state index contributed by atoms with van der Waals surface area (Å²) in [5.41, 5.74) is -1.87. The number of alkyl halides is 3. The molecule has 12 nitrogen and oxygen atoms in total. The SMILES string of the molecule is C[C@@H]1CN(CCOC2CCC(N3C(=S)N(c4ccc(C#N)c(C(F)(F)F)c4)C(=O)C3(C)C)CC2)C[C@H](C)N1CCOc1cc(C2CCC(=O)NC2=O)ccn1.Cl. The Labute approximate surface area is 337 Å². The summed E-state index contributed by atoms with van der Waals surface area (Å²) in [5.74, 6) is -0.865. The molecule has 304 valence electrons. The molecule has 3 atom stereocenters. The number of pyridine rings is 1. The van der Waals surface area contributed by atoms with E-state index in [0.29, 0.717) is 44.0 Å². The number of nitriles is 1. The molecule has 3 amide bonds. The average Bonchev–Trinajstić information content (AvgIpc) is 3.31. The number of ether oxygens (including phenoxy) is 2. The highest BCUT2D eigenvalue weighted by molar-refractivity contribution is 7.80. The lowest BCUT2D eigenvalue weighted by molar-refractivity contribution is -0.138. The van der Waals surface area contributed by atoms with Gasteiger partial charge in [0, 0.05) is 63.0 Å². The number of aromatic nitrogens is 1. The maximum absolute atomic E-state index is 13.7. The van der Waals surface area contributed by atoms with Crippen LogP contribution in [0.25, 0.3) is 0 Å². The fraction of sp³-hybridized carbons (Fsp3) is 0.590. The van der Waals surface area contributed by atoms with Crippen molar-refractivity contribution in [3.05, 3.63) is 53.2 Å². The minimum Gasteiger partial charge on any atom is -0.476 e. The maximum atomic E-state index is 13.7. The summed E-state index contributed by atoms with van der Waals surface area (Å²) in [6.45, 7) is 12.2. The molecule has 0 bridgehead atoms. The van der Waals surface area contributed by atoms with Crippen LogP contribution in [0.1, 0.15) is 88.8 Å². The molecule has 1 aromatic heterocycles. The number of hydrogen-bond donors (Lipinski definition) is 1. The molecule has 3 aliphatic heterocycles. The van der Waals surface area contributed by atoms with E-state index in [2.05, 4.69) is 33.9 Å². The number of rotatable bonds is 11. The number of amides is 3. The third-order valence-corrected chi connectivity index (χ3v) is 11.7. The van der Waals surface area contributed by atoms with Crippen molar-refractivity contribution in [1.82, 2.24) is 25.0 Å². The average molecular weight is 820 g/mol. The van der Waals surface area contributed by atoms with Crippen molar-refractivity contribution in [3.8, 4) is 11.9 Å². The molecule has 17 heteroatoms. The molecule has 1 aliphatic carbocycles. The number of carbonyl (C=O) groups excluding carboxylic acids is 3. The molecule has 1 N–H and O–H groups in total. The molecule has 4 aliphatic rings. The van der Waals surface area contributed by atoms with E-state index >= 15 is 0 Å². The molecule has 3 saturated heterocycles. The van der Waals surface area contributed by atoms with E-state index in [4.69, 9.17) is 21.7 Å². The summed E-state index contributed by atoms with van der Waals surface area (Å²) in [4.78, 5) is 49.7. The Kier molecular flexibility index (Phi) is 13.7. The van der Waals surface area contributed by atoms with Gasteiger partial charge in [-0.05, 0) is 102 Å². The summed E-state index contributed by atoms with van der Waals surface area (Å²) in [5, 5.41) is 11.8. The van der Waals surface area contributed by atoms with E-state index < -0.39 is 28.7 Å². The molecule has 1 aromatic carbocycles. The van der Waals surface area contributed by atoms with Crippen LogP contribution in [0.15, 0.2) is 36.5 Å². The number of imide groups is 1. The number of piperazine rings is 1. The standard InChI is InChI=1S/C39H48F3N7O5S.ClH/c1-24-22-46(23-25(2)47(24)16-18-54-34-19-26(13-14-44-34)31-11-12-33(50)45-35(31)51)15-17-53-30-9-7-28(8-10-30)49-37(55)48(36(52)38(49,3)4)29-6-5-27(21-43)32(20-29)39(40,41)42;/h5-6,13-14,19-20,24-25,28,30-31H,7-12,15-18,22-23H2,1-4H3,(H,45,50,51);1H/t24-,25+,28?,30?,31?;. The van der Waals surface area contributed by atoms with Gasteiger partial charge in [-0.1, -0.05) is 0 Å². The van der Waals surface area contributed by atoms with Gasteiger partial charge in [0.15, 0.2) is 5.11 Å². The van der Waals surface area contributed by atoms with Crippen LogP contribution in [0.4, 0.5) is 18.9 Å². The second kappa shape index (κ2) is 17.7. The van der Waals surface area contributed by atoms with Gasteiger partial charge in [0.05, 0.1) is 41.5 Å². The number of nitrogens with one attached hydrogen (secondary N) is 1. The predicted octanol–water partition coefficient (Wildman–Crippen LogP) is 5.43. The van der Waals surface area contributed by atoms with E-state index in [1.165, 1.54) is 11.0 Å². The Bertz CT molecular complexity index is 1820. The number of thiocarbonyl (C=S) groups is 1. The zero-order chi connectivity index (χ0) is 39.7. The summed E-state index contributed by atoms with van der Waals surface area (Å²) >= 11 is 5.74. The Hall–Kier alpha value is -3.88. The fourth-order valence-electron chi connectivity index (χ4n) is 8.55. The molecule has 4 heterocycles. The van der Waals surface area contributed by atoms with Crippen LogP contribution >= 0.6 is 24.6 Å². The topological polar surface area (TPSA) is 131 Å². The normalized spacial score (nSPS) is 26.1. The molecule has 1 unspecified atom stereocenters. The number of piperidine rings is 1. The first-order chi connectivity index (χ1) is 26.1. The van der Waals surface area contributed by atoms with E-state index in [-0.39, 0.29) is 53.1 Å². The second-order valence-electron chi connectivity index (χ2n) is 15.5. The summed E-state index contributed by atoms with van der Waals surface area (Å²) in [6.07, 6.45) is 0.716. The third kappa shape index (κ3) is 9.29. The predicted molar refractivity (Wildman–Crippen MR) is 208 cm³/mol. The Morgan fingerprint density at radius 2 is 1.70 bits per heavy atom. The van der Waals surface area contributed by atoms with E-state index in [1.54, 1.807) is 38.2 Å².